The number of ether oxygens (including phenoxy) is 2. The number of hydrogen-bond acceptors (Lipinski definition) is 3. The predicted octanol–water partition coefficient (Wildman–Crippen LogP) is 2.68. The molecule has 0 saturated heterocycles. The standard InChI is InChI=1S/C14H16N2O2/c1-4-17-12-7-10-11(8-13(12)18-5-1)16-14(15-10)6-9-2-3-9/h7-9H,1-6H2,(H,15,16). The van der Waals surface area contributed by atoms with Gasteiger partial charge in [0.25, 0.3) is 0 Å². The molecule has 1 aromatic heterocycles. The normalized spacial score (nSPS) is 18.9. The van der Waals surface area contributed by atoms with Crippen LogP contribution in [0.1, 0.15) is 25.1 Å². The lowest BCUT2D eigenvalue weighted by molar-refractivity contribution is 0.297. The molecular weight excluding hydrogens is 228 g/mol. The molecular formula is C14H16N2O2. The van der Waals surface area contributed by atoms with Crippen LogP contribution in [0.4, 0.5) is 0 Å². The highest BCUT2D eigenvalue weighted by Gasteiger charge is 2.23. The second kappa shape index (κ2) is 3.90. The third kappa shape index (κ3) is 1.82. The van der Waals surface area contributed by atoms with E-state index in [9.17, 15) is 0 Å². The number of imidazole rings is 1. The highest BCUT2D eigenvalue weighted by Crippen LogP contribution is 2.35. The number of hydrogen-bond donors (Lipinski definition) is 1. The monoisotopic (exact) mass is 244 g/mol. The van der Waals surface area contributed by atoms with Crippen LogP contribution < -0.4 is 9.47 Å². The van der Waals surface area contributed by atoms with Crippen molar-refractivity contribution in [3.8, 4) is 11.5 Å². The van der Waals surface area contributed by atoms with E-state index in [0.717, 1.165) is 60.3 Å². The van der Waals surface area contributed by atoms with Crippen LogP contribution in [0.5, 0.6) is 11.5 Å². The number of aromatic amines is 1. The molecule has 4 heteroatoms. The molecule has 1 aliphatic heterocycles. The first-order valence-corrected chi connectivity index (χ1v) is 6.67. The minimum Gasteiger partial charge on any atom is -0.489 e. The summed E-state index contributed by atoms with van der Waals surface area (Å²) in [5, 5.41) is 0. The lowest BCUT2D eigenvalue weighted by atomic mass is 10.3. The van der Waals surface area contributed by atoms with E-state index in [1.165, 1.54) is 12.8 Å². The molecule has 1 N–H and O–H groups in total. The van der Waals surface area contributed by atoms with Gasteiger partial charge >= 0.3 is 0 Å². The molecule has 0 unspecified atom stereocenters. The molecule has 94 valence electrons. The summed E-state index contributed by atoms with van der Waals surface area (Å²) in [5.41, 5.74) is 2.03. The highest BCUT2D eigenvalue weighted by molar-refractivity contribution is 5.79. The van der Waals surface area contributed by atoms with Crippen LogP contribution in [-0.2, 0) is 6.42 Å². The van der Waals surface area contributed by atoms with Gasteiger partial charge in [0, 0.05) is 25.0 Å². The van der Waals surface area contributed by atoms with Gasteiger partial charge in [-0.1, -0.05) is 0 Å². The number of nitrogens with zero attached hydrogens (tertiary/aromatic N) is 1. The molecule has 0 atom stereocenters. The summed E-state index contributed by atoms with van der Waals surface area (Å²) in [6, 6.07) is 4.00. The minimum absolute atomic E-state index is 0.720. The van der Waals surface area contributed by atoms with Crippen LogP contribution in [0, 0.1) is 5.92 Å². The van der Waals surface area contributed by atoms with Gasteiger partial charge in [-0.15, -0.1) is 0 Å². The molecule has 4 rings (SSSR count). The quantitative estimate of drug-likeness (QED) is 0.883. The summed E-state index contributed by atoms with van der Waals surface area (Å²) >= 11 is 0. The summed E-state index contributed by atoms with van der Waals surface area (Å²) in [6.45, 7) is 1.44. The van der Waals surface area contributed by atoms with Crippen LogP contribution in [0.2, 0.25) is 0 Å². The summed E-state index contributed by atoms with van der Waals surface area (Å²) in [6.07, 6.45) is 4.70. The molecule has 4 nitrogen and oxygen atoms in total. The van der Waals surface area contributed by atoms with Crippen molar-refractivity contribution in [2.75, 3.05) is 13.2 Å². The molecule has 0 radical (unpaired) electrons. The second-order valence-corrected chi connectivity index (χ2v) is 5.20. The molecule has 2 aromatic rings. The summed E-state index contributed by atoms with van der Waals surface area (Å²) in [7, 11) is 0. The fourth-order valence-electron chi connectivity index (χ4n) is 2.41. The van der Waals surface area contributed by atoms with Gasteiger partial charge in [0.15, 0.2) is 11.5 Å². The molecule has 1 fully saturated rings. The van der Waals surface area contributed by atoms with Crippen molar-refractivity contribution in [1.29, 1.82) is 0 Å². The third-order valence-electron chi connectivity index (χ3n) is 3.58. The first kappa shape index (κ1) is 10.2. The number of nitrogens with one attached hydrogen (secondary N) is 1. The SMILES string of the molecule is c1c2c(cc3[nH]c(CC4CC4)nc13)OCCCO2. The van der Waals surface area contributed by atoms with Gasteiger partial charge in [-0.3, -0.25) is 0 Å². The van der Waals surface area contributed by atoms with E-state index in [1.54, 1.807) is 0 Å². The maximum Gasteiger partial charge on any atom is 0.163 e. The van der Waals surface area contributed by atoms with Crippen LogP contribution in [0.25, 0.3) is 11.0 Å². The van der Waals surface area contributed by atoms with E-state index in [0.29, 0.717) is 0 Å². The van der Waals surface area contributed by atoms with Gasteiger partial charge in [-0.25, -0.2) is 4.98 Å². The van der Waals surface area contributed by atoms with E-state index in [-0.39, 0.29) is 0 Å². The summed E-state index contributed by atoms with van der Waals surface area (Å²) in [4.78, 5) is 8.03. The molecule has 1 saturated carbocycles. The first-order valence-electron chi connectivity index (χ1n) is 6.67. The molecule has 18 heavy (non-hydrogen) atoms. The predicted molar refractivity (Wildman–Crippen MR) is 68.1 cm³/mol. The zero-order valence-electron chi connectivity index (χ0n) is 10.2. The van der Waals surface area contributed by atoms with Gasteiger partial charge < -0.3 is 14.5 Å². The Labute approximate surface area is 105 Å². The molecule has 0 bridgehead atoms. The molecule has 2 aliphatic rings. The Morgan fingerprint density at radius 3 is 2.72 bits per heavy atom. The first-order chi connectivity index (χ1) is 8.88. The fraction of sp³-hybridized carbons (Fsp3) is 0.500. The van der Waals surface area contributed by atoms with Gasteiger partial charge in [0.05, 0.1) is 24.2 Å². The van der Waals surface area contributed by atoms with Crippen molar-refractivity contribution in [3.05, 3.63) is 18.0 Å². The Hall–Kier alpha value is -1.71. The number of benzene rings is 1. The average Bonchev–Trinajstić information content (AvgIpc) is 3.10. The van der Waals surface area contributed by atoms with Gasteiger partial charge in [-0.2, -0.15) is 0 Å². The second-order valence-electron chi connectivity index (χ2n) is 5.20. The summed E-state index contributed by atoms with van der Waals surface area (Å²) in [5.74, 6) is 3.59. The maximum atomic E-state index is 5.69. The minimum atomic E-state index is 0.720. The number of aromatic nitrogens is 2. The van der Waals surface area contributed by atoms with Crippen LogP contribution in [0.3, 0.4) is 0 Å². The molecule has 1 aliphatic carbocycles. The van der Waals surface area contributed by atoms with Crippen LogP contribution >= 0.6 is 0 Å². The molecule has 0 amide bonds. The zero-order valence-corrected chi connectivity index (χ0v) is 10.2. The van der Waals surface area contributed by atoms with E-state index in [1.807, 2.05) is 12.1 Å². The molecule has 0 spiro atoms. The fourth-order valence-corrected chi connectivity index (χ4v) is 2.41. The Balaban J connectivity index is 1.74. The van der Waals surface area contributed by atoms with Gasteiger partial charge in [0.2, 0.25) is 0 Å². The Morgan fingerprint density at radius 2 is 1.94 bits per heavy atom. The number of fused-ring (bicyclic) bond motifs is 2. The molecule has 1 aromatic carbocycles. The van der Waals surface area contributed by atoms with Crippen molar-refractivity contribution in [1.82, 2.24) is 9.97 Å². The van der Waals surface area contributed by atoms with Crippen molar-refractivity contribution in [2.45, 2.75) is 25.7 Å². The number of H-pyrrole nitrogens is 1. The lowest BCUT2D eigenvalue weighted by Crippen LogP contribution is -1.97. The topological polar surface area (TPSA) is 47.1 Å². The van der Waals surface area contributed by atoms with Crippen molar-refractivity contribution >= 4 is 11.0 Å². The average molecular weight is 244 g/mol. The Bertz CT molecular complexity index is 544. The van der Waals surface area contributed by atoms with Gasteiger partial charge in [0.1, 0.15) is 5.82 Å². The zero-order chi connectivity index (χ0) is 11.9. The van der Waals surface area contributed by atoms with E-state index in [4.69, 9.17) is 9.47 Å². The summed E-state index contributed by atoms with van der Waals surface area (Å²) < 4.78 is 11.4. The number of rotatable bonds is 2. The smallest absolute Gasteiger partial charge is 0.163 e. The highest BCUT2D eigenvalue weighted by atomic mass is 16.5. The van der Waals surface area contributed by atoms with Crippen LogP contribution in [-0.4, -0.2) is 23.2 Å². The Morgan fingerprint density at radius 1 is 1.17 bits per heavy atom. The van der Waals surface area contributed by atoms with Gasteiger partial charge in [-0.05, 0) is 18.8 Å². The lowest BCUT2D eigenvalue weighted by Gasteiger charge is -2.05. The Kier molecular flexibility index (Phi) is 2.22. The van der Waals surface area contributed by atoms with Crippen molar-refractivity contribution < 1.29 is 9.47 Å². The molecule has 2 heterocycles. The van der Waals surface area contributed by atoms with Crippen LogP contribution in [0.15, 0.2) is 12.1 Å². The van der Waals surface area contributed by atoms with E-state index < -0.39 is 0 Å². The maximum absolute atomic E-state index is 5.69. The third-order valence-corrected chi connectivity index (χ3v) is 3.58. The van der Waals surface area contributed by atoms with Crippen molar-refractivity contribution in [2.24, 2.45) is 5.92 Å². The van der Waals surface area contributed by atoms with Crippen molar-refractivity contribution in [3.63, 3.8) is 0 Å². The van der Waals surface area contributed by atoms with E-state index >= 15 is 0 Å². The largest absolute Gasteiger partial charge is 0.489 e. The van der Waals surface area contributed by atoms with E-state index in [2.05, 4.69) is 9.97 Å².